The third kappa shape index (κ3) is 6.39. The maximum atomic E-state index is 15.7. The minimum atomic E-state index is -4.06. The fourth-order valence-electron chi connectivity index (χ4n) is 7.67. The molecule has 3 aromatic carbocycles. The van der Waals surface area contributed by atoms with Crippen LogP contribution in [-0.2, 0) is 16.1 Å². The van der Waals surface area contributed by atoms with Crippen LogP contribution in [0.4, 0.5) is 8.63 Å². The third-order valence-corrected chi connectivity index (χ3v) is 10.2. The van der Waals surface area contributed by atoms with Crippen LogP contribution in [0.25, 0.3) is 27.6 Å². The summed E-state index contributed by atoms with van der Waals surface area (Å²) >= 11 is 0. The number of carbonyl (C=O) groups excluding carboxylic acids is 2. The molecule has 3 aliphatic rings. The van der Waals surface area contributed by atoms with Crippen LogP contribution in [0.15, 0.2) is 78.5 Å². The lowest BCUT2D eigenvalue weighted by molar-refractivity contribution is -0.362. The van der Waals surface area contributed by atoms with E-state index in [9.17, 15) is 9.59 Å². The number of hydrogen-bond donors (Lipinski definition) is 3. The van der Waals surface area contributed by atoms with Crippen LogP contribution in [0.1, 0.15) is 49.2 Å². The Labute approximate surface area is 291 Å². The van der Waals surface area contributed by atoms with Crippen molar-refractivity contribution in [3.63, 3.8) is 0 Å². The van der Waals surface area contributed by atoms with Gasteiger partial charge in [0.05, 0.1) is 6.04 Å². The van der Waals surface area contributed by atoms with Gasteiger partial charge in [-0.15, -0.1) is 0 Å². The van der Waals surface area contributed by atoms with Gasteiger partial charge >= 0.3 is 6.97 Å². The maximum absolute atomic E-state index is 15.7. The van der Waals surface area contributed by atoms with Gasteiger partial charge in [0, 0.05) is 69.5 Å². The number of nitrogens with one attached hydrogen (secondary N) is 3. The second-order valence-electron chi connectivity index (χ2n) is 14.0. The number of piperazine rings is 1. The molecule has 260 valence electrons. The van der Waals surface area contributed by atoms with Crippen molar-refractivity contribution >= 4 is 52.1 Å². The molecule has 1 aromatic heterocycles. The van der Waals surface area contributed by atoms with Gasteiger partial charge < -0.3 is 22.9 Å². The van der Waals surface area contributed by atoms with Crippen molar-refractivity contribution in [3.05, 3.63) is 101 Å². The maximum Gasteiger partial charge on any atom is 0.737 e. The highest BCUT2D eigenvalue weighted by Crippen LogP contribution is 2.34. The van der Waals surface area contributed by atoms with Gasteiger partial charge in [-0.25, -0.2) is 10.0 Å². The smallest absolute Gasteiger partial charge is 0.394 e. The molecule has 1 fully saturated rings. The third-order valence-electron chi connectivity index (χ3n) is 10.2. The Hall–Kier alpha value is -4.65. The highest BCUT2D eigenvalue weighted by Gasteiger charge is 2.52. The van der Waals surface area contributed by atoms with Crippen molar-refractivity contribution in [2.75, 3.05) is 26.2 Å². The lowest BCUT2D eigenvalue weighted by Crippen LogP contribution is -2.60. The lowest BCUT2D eigenvalue weighted by Gasteiger charge is -2.35. The number of rotatable bonds is 10. The number of carbonyl (C=O) groups is 2. The van der Waals surface area contributed by atoms with E-state index < -0.39 is 13.0 Å². The normalized spacial score (nSPS) is 18.0. The molecule has 1 unspecified atom stereocenters. The highest BCUT2D eigenvalue weighted by molar-refractivity contribution is 6.58. The molecule has 3 N–H and O–H groups in total. The van der Waals surface area contributed by atoms with E-state index in [1.165, 1.54) is 27.1 Å². The Kier molecular flexibility index (Phi) is 9.19. The Morgan fingerprint density at radius 2 is 1.50 bits per heavy atom. The molecule has 0 bridgehead atoms. The zero-order valence-corrected chi connectivity index (χ0v) is 29.0. The first-order valence-electron chi connectivity index (χ1n) is 17.5. The summed E-state index contributed by atoms with van der Waals surface area (Å²) in [5.41, 5.74) is 9.95. The number of fused-ring (bicyclic) bond motifs is 4. The van der Waals surface area contributed by atoms with E-state index in [4.69, 9.17) is 0 Å². The summed E-state index contributed by atoms with van der Waals surface area (Å²) in [6.45, 7) is 6.19. The van der Waals surface area contributed by atoms with E-state index in [1.807, 2.05) is 55.1 Å². The van der Waals surface area contributed by atoms with E-state index in [1.54, 1.807) is 31.2 Å². The fourth-order valence-corrected chi connectivity index (χ4v) is 7.67. The minimum Gasteiger partial charge on any atom is -0.394 e. The summed E-state index contributed by atoms with van der Waals surface area (Å²) in [6.07, 6.45) is 5.45. The highest BCUT2D eigenvalue weighted by atomic mass is 19.2. The zero-order chi connectivity index (χ0) is 35.2. The average Bonchev–Trinajstić information content (AvgIpc) is 3.64. The Bertz CT molecular complexity index is 2020. The number of amides is 2. The Morgan fingerprint density at radius 1 is 0.880 bits per heavy atom. The first-order valence-corrected chi connectivity index (χ1v) is 17.5. The van der Waals surface area contributed by atoms with Crippen LogP contribution in [-0.4, -0.2) is 75.7 Å². The number of hydrazine groups is 2. The van der Waals surface area contributed by atoms with E-state index in [-0.39, 0.29) is 30.6 Å². The first kappa shape index (κ1) is 33.8. The number of benzene rings is 3. The molecule has 4 aromatic rings. The molecule has 0 aliphatic carbocycles. The van der Waals surface area contributed by atoms with Crippen LogP contribution in [0.3, 0.4) is 0 Å². The second kappa shape index (κ2) is 13.6. The molecule has 1 atom stereocenters. The van der Waals surface area contributed by atoms with Gasteiger partial charge in [-0.3, -0.25) is 20.4 Å². The van der Waals surface area contributed by atoms with Crippen LogP contribution in [0.5, 0.6) is 0 Å². The molecule has 0 spiro atoms. The summed E-state index contributed by atoms with van der Waals surface area (Å²) in [5, 5.41) is 11.9. The van der Waals surface area contributed by atoms with E-state index in [2.05, 4.69) is 46.5 Å². The molecule has 12 heteroatoms. The van der Waals surface area contributed by atoms with E-state index in [0.717, 1.165) is 14.5 Å². The molecule has 0 radical (unpaired) electrons. The lowest BCUT2D eigenvalue weighted by atomic mass is 9.90. The molecule has 0 saturated carbocycles. The molecule has 4 heterocycles. The number of allylic oxidation sites excluding steroid dienone is 2. The molecule has 3 aliphatic heterocycles. The van der Waals surface area contributed by atoms with Gasteiger partial charge in [-0.1, -0.05) is 62.4 Å². The van der Waals surface area contributed by atoms with Crippen LogP contribution >= 0.6 is 0 Å². The average molecular weight is 680 g/mol. The molecule has 9 nitrogen and oxygen atoms in total. The predicted molar refractivity (Wildman–Crippen MR) is 195 cm³/mol. The summed E-state index contributed by atoms with van der Waals surface area (Å²) in [5.74, 6) is -0.265. The predicted octanol–water partition coefficient (Wildman–Crippen LogP) is 5.29. The largest absolute Gasteiger partial charge is 0.737 e. The Balaban J connectivity index is 0.917. The Morgan fingerprint density at radius 3 is 2.14 bits per heavy atom. The van der Waals surface area contributed by atoms with Crippen molar-refractivity contribution in [1.82, 2.24) is 30.7 Å². The van der Waals surface area contributed by atoms with E-state index in [0.29, 0.717) is 55.5 Å². The number of halogens is 2. The molecule has 2 amide bonds. The molecule has 50 heavy (non-hydrogen) atoms. The monoisotopic (exact) mass is 679 g/mol. The van der Waals surface area contributed by atoms with Crippen molar-refractivity contribution < 1.29 is 22.7 Å². The van der Waals surface area contributed by atoms with Gasteiger partial charge in [0.2, 0.25) is 5.91 Å². The van der Waals surface area contributed by atoms with Crippen molar-refractivity contribution in [2.45, 2.75) is 53.1 Å². The second-order valence-corrected chi connectivity index (χ2v) is 14.0. The topological polar surface area (TPSA) is 84.7 Å². The van der Waals surface area contributed by atoms with E-state index >= 15 is 8.63 Å². The molecule has 7 rings (SSSR count). The van der Waals surface area contributed by atoms with Gasteiger partial charge in [-0.05, 0) is 70.3 Å². The van der Waals surface area contributed by atoms with Gasteiger partial charge in [0.25, 0.3) is 5.91 Å². The number of aryl methyl sites for hydroxylation is 2. The van der Waals surface area contributed by atoms with Gasteiger partial charge in [0.15, 0.2) is 5.70 Å². The van der Waals surface area contributed by atoms with Crippen molar-refractivity contribution in [1.29, 1.82) is 0 Å². The fraction of sp³-hybridized carbons (Fsp3) is 0.342. The summed E-state index contributed by atoms with van der Waals surface area (Å²) < 4.78 is 33.7. The number of hydrogen-bond acceptors (Lipinski definition) is 5. The van der Waals surface area contributed by atoms with Crippen LogP contribution < -0.4 is 16.2 Å². The standard InChI is InChI=1S/C38H44BF2N7O2/c1-25(2)37(42-24-34-32-11-7-5-9-28(32)22-29-10-6-8-12-33(29)34)38(50)44-46-19-17-45(18-20-46)43-36(49)16-15-30-13-14-31-23-35-26(3)21-27(4)47(35)39(40,41)48(30)31/h5-14,21-23,25,37,42H,15-20,24H2,1-4H3,(H,43,49)(H,44,50). The number of nitrogens with zero attached hydrogens (tertiary/aromatic N) is 4. The van der Waals surface area contributed by atoms with Gasteiger partial charge in [0.1, 0.15) is 5.71 Å². The summed E-state index contributed by atoms with van der Waals surface area (Å²) in [7, 11) is 0. The molecular formula is C38H44BF2N7O2. The van der Waals surface area contributed by atoms with Crippen molar-refractivity contribution in [2.24, 2.45) is 5.92 Å². The number of aromatic nitrogens is 1. The first-order chi connectivity index (χ1) is 24.0. The summed E-state index contributed by atoms with van der Waals surface area (Å²) in [6, 6.07) is 20.3. The van der Waals surface area contributed by atoms with Crippen LogP contribution in [0, 0.1) is 19.8 Å². The quantitative estimate of drug-likeness (QED) is 0.157. The SMILES string of the molecule is Cc1cc(C)n2c1C=C1C=CC(CCC(=O)NN3CCN(NC(=O)C(NCc4c5ccccc5cc5ccccc45)C(C)C)CC3)=[N+]1[B-]2(F)F. The zero-order valence-electron chi connectivity index (χ0n) is 29.0. The van der Waals surface area contributed by atoms with Crippen LogP contribution in [0.2, 0.25) is 0 Å². The molecular weight excluding hydrogens is 635 g/mol. The van der Waals surface area contributed by atoms with Gasteiger partial charge in [-0.2, -0.15) is 0 Å². The van der Waals surface area contributed by atoms with Crippen molar-refractivity contribution in [3.8, 4) is 0 Å². The summed E-state index contributed by atoms with van der Waals surface area (Å²) in [4.78, 5) is 26.5. The minimum absolute atomic E-state index is 0.0560. The molecule has 1 saturated heterocycles.